The quantitative estimate of drug-likeness (QED) is 0.608. The fraction of sp³-hybridized carbons (Fsp3) is 0.417. The highest BCUT2D eigenvalue weighted by Gasteiger charge is 2.41. The van der Waals surface area contributed by atoms with Gasteiger partial charge in [0, 0.05) is 3.57 Å². The third kappa shape index (κ3) is 2.61. The minimum atomic E-state index is -0.689. The van der Waals surface area contributed by atoms with Gasteiger partial charge in [-0.2, -0.15) is 0 Å². The predicted molar refractivity (Wildman–Crippen MR) is 69.3 cm³/mol. The molecule has 17 heavy (non-hydrogen) atoms. The average Bonchev–Trinajstić information content (AvgIpc) is 2.71. The summed E-state index contributed by atoms with van der Waals surface area (Å²) in [7, 11) is 1.35. The van der Waals surface area contributed by atoms with Gasteiger partial charge in [-0.05, 0) is 41.1 Å². The van der Waals surface area contributed by atoms with Gasteiger partial charge in [0.05, 0.1) is 7.11 Å². The number of halogens is 1. The topological polar surface area (TPSA) is 44.8 Å². The van der Waals surface area contributed by atoms with Gasteiger partial charge < -0.3 is 14.2 Å². The molecule has 0 aromatic heterocycles. The second kappa shape index (κ2) is 5.32. The Balaban J connectivity index is 2.30. The molecule has 0 N–H and O–H groups in total. The largest absolute Gasteiger partial charge is 0.467 e. The molecule has 5 heteroatoms. The van der Waals surface area contributed by atoms with Gasteiger partial charge in [-0.1, -0.05) is 18.2 Å². The molecule has 4 nitrogen and oxygen atoms in total. The number of carbonyl (C=O) groups excluding carboxylic acids is 1. The highest BCUT2D eigenvalue weighted by atomic mass is 127. The zero-order valence-electron chi connectivity index (χ0n) is 9.55. The van der Waals surface area contributed by atoms with Gasteiger partial charge in [-0.15, -0.1) is 0 Å². The van der Waals surface area contributed by atoms with Gasteiger partial charge >= 0.3 is 5.97 Å². The SMILES string of the molecule is COC(=O)[C@@H]1OC(C)O[C@H]1c1ccccc1I. The van der Waals surface area contributed by atoms with Crippen molar-refractivity contribution in [2.24, 2.45) is 0 Å². The first kappa shape index (κ1) is 12.8. The van der Waals surface area contributed by atoms with E-state index in [-0.39, 0.29) is 0 Å². The Hall–Kier alpha value is -0.660. The molecule has 0 spiro atoms. The fourth-order valence-electron chi connectivity index (χ4n) is 1.83. The maximum Gasteiger partial charge on any atom is 0.338 e. The zero-order chi connectivity index (χ0) is 12.4. The Bertz CT molecular complexity index is 421. The predicted octanol–water partition coefficient (Wildman–Crippen LogP) is 2.27. The van der Waals surface area contributed by atoms with E-state index in [4.69, 9.17) is 14.2 Å². The third-order valence-corrected chi connectivity index (χ3v) is 3.58. The Morgan fingerprint density at radius 2 is 2.06 bits per heavy atom. The van der Waals surface area contributed by atoms with E-state index in [1.807, 2.05) is 24.3 Å². The normalized spacial score (nSPS) is 28.1. The lowest BCUT2D eigenvalue weighted by molar-refractivity contribution is -0.153. The van der Waals surface area contributed by atoms with Crippen LogP contribution in [0.2, 0.25) is 0 Å². The first-order valence-corrected chi connectivity index (χ1v) is 6.34. The summed E-state index contributed by atoms with van der Waals surface area (Å²) < 4.78 is 16.8. The highest BCUT2D eigenvalue weighted by molar-refractivity contribution is 14.1. The molecule has 0 radical (unpaired) electrons. The summed E-state index contributed by atoms with van der Waals surface area (Å²) in [4.78, 5) is 11.6. The lowest BCUT2D eigenvalue weighted by Crippen LogP contribution is -2.27. The molecule has 1 heterocycles. The molecule has 1 unspecified atom stereocenters. The number of methoxy groups -OCH3 is 1. The first-order chi connectivity index (χ1) is 8.13. The van der Waals surface area contributed by atoms with Crippen LogP contribution in [0.1, 0.15) is 18.6 Å². The number of hydrogen-bond donors (Lipinski definition) is 0. The van der Waals surface area contributed by atoms with Crippen LogP contribution in [-0.2, 0) is 19.0 Å². The van der Waals surface area contributed by atoms with Crippen molar-refractivity contribution in [3.8, 4) is 0 Å². The molecule has 1 aromatic rings. The zero-order valence-corrected chi connectivity index (χ0v) is 11.7. The van der Waals surface area contributed by atoms with Crippen molar-refractivity contribution in [3.05, 3.63) is 33.4 Å². The van der Waals surface area contributed by atoms with E-state index < -0.39 is 24.5 Å². The number of rotatable bonds is 2. The van der Waals surface area contributed by atoms with Crippen molar-refractivity contribution in [1.29, 1.82) is 0 Å². The maximum atomic E-state index is 11.6. The van der Waals surface area contributed by atoms with Gasteiger partial charge in [-0.3, -0.25) is 0 Å². The molecule has 0 bridgehead atoms. The fourth-order valence-corrected chi connectivity index (χ4v) is 2.52. The van der Waals surface area contributed by atoms with E-state index >= 15 is 0 Å². The van der Waals surface area contributed by atoms with Crippen molar-refractivity contribution in [2.75, 3.05) is 7.11 Å². The summed E-state index contributed by atoms with van der Waals surface area (Å²) in [6.07, 6.45) is -1.49. The van der Waals surface area contributed by atoms with Crippen LogP contribution in [0, 0.1) is 3.57 Å². The van der Waals surface area contributed by atoms with E-state index in [0.717, 1.165) is 9.13 Å². The van der Waals surface area contributed by atoms with Gasteiger partial charge in [0.25, 0.3) is 0 Å². The molecular formula is C12H13IO4. The van der Waals surface area contributed by atoms with Gasteiger partial charge in [0.1, 0.15) is 6.10 Å². The average molecular weight is 348 g/mol. The minimum Gasteiger partial charge on any atom is -0.467 e. The van der Waals surface area contributed by atoms with Crippen LogP contribution in [0.3, 0.4) is 0 Å². The lowest BCUT2D eigenvalue weighted by Gasteiger charge is -2.16. The Kier molecular flexibility index (Phi) is 4.01. The molecule has 1 saturated heterocycles. The van der Waals surface area contributed by atoms with E-state index in [1.165, 1.54) is 7.11 Å². The van der Waals surface area contributed by atoms with Gasteiger partial charge in [-0.25, -0.2) is 4.79 Å². The van der Waals surface area contributed by atoms with Crippen molar-refractivity contribution in [3.63, 3.8) is 0 Å². The number of hydrogen-bond acceptors (Lipinski definition) is 4. The van der Waals surface area contributed by atoms with E-state index in [2.05, 4.69) is 22.6 Å². The number of carbonyl (C=O) groups is 1. The van der Waals surface area contributed by atoms with Crippen LogP contribution in [0.25, 0.3) is 0 Å². The second-order valence-electron chi connectivity index (χ2n) is 3.73. The number of benzene rings is 1. The number of ether oxygens (including phenoxy) is 3. The summed E-state index contributed by atoms with van der Waals surface area (Å²) in [6, 6.07) is 7.76. The van der Waals surface area contributed by atoms with Crippen molar-refractivity contribution >= 4 is 28.6 Å². The summed E-state index contributed by atoms with van der Waals surface area (Å²) in [6.45, 7) is 1.77. The number of esters is 1. The van der Waals surface area contributed by atoms with Crippen LogP contribution >= 0.6 is 22.6 Å². The molecule has 0 amide bonds. The van der Waals surface area contributed by atoms with Crippen LogP contribution in [0.15, 0.2) is 24.3 Å². The summed E-state index contributed by atoms with van der Waals surface area (Å²) in [5, 5.41) is 0. The van der Waals surface area contributed by atoms with Crippen LogP contribution in [0.5, 0.6) is 0 Å². The highest BCUT2D eigenvalue weighted by Crippen LogP contribution is 2.35. The summed E-state index contributed by atoms with van der Waals surface area (Å²) >= 11 is 2.21. The van der Waals surface area contributed by atoms with E-state index in [9.17, 15) is 4.79 Å². The summed E-state index contributed by atoms with van der Waals surface area (Å²) in [5.41, 5.74) is 0.952. The van der Waals surface area contributed by atoms with Crippen LogP contribution in [-0.4, -0.2) is 25.5 Å². The first-order valence-electron chi connectivity index (χ1n) is 5.26. The molecule has 1 aliphatic rings. The summed E-state index contributed by atoms with van der Waals surface area (Å²) in [5.74, 6) is -0.404. The standard InChI is InChI=1S/C12H13IO4/c1-7-16-10(11(17-7)12(14)15-2)8-5-3-4-6-9(8)13/h3-7,10-11H,1-2H3/t7?,10-,11+/m0/s1. The van der Waals surface area contributed by atoms with Crippen LogP contribution in [0.4, 0.5) is 0 Å². The second-order valence-corrected chi connectivity index (χ2v) is 4.89. The Morgan fingerprint density at radius 3 is 2.71 bits per heavy atom. The van der Waals surface area contributed by atoms with Gasteiger partial charge in [0.2, 0.25) is 0 Å². The van der Waals surface area contributed by atoms with Gasteiger partial charge in [0.15, 0.2) is 12.4 Å². The van der Waals surface area contributed by atoms with Crippen molar-refractivity contribution < 1.29 is 19.0 Å². The lowest BCUT2D eigenvalue weighted by atomic mass is 10.0. The molecule has 0 aliphatic carbocycles. The molecule has 1 aromatic carbocycles. The maximum absolute atomic E-state index is 11.6. The monoisotopic (exact) mass is 348 g/mol. The Morgan fingerprint density at radius 1 is 1.35 bits per heavy atom. The third-order valence-electron chi connectivity index (χ3n) is 2.60. The molecule has 2 rings (SSSR count). The Labute approximate surface area is 113 Å². The molecule has 92 valence electrons. The smallest absolute Gasteiger partial charge is 0.338 e. The van der Waals surface area contributed by atoms with Crippen molar-refractivity contribution in [1.82, 2.24) is 0 Å². The molecule has 1 aliphatic heterocycles. The minimum absolute atomic E-state index is 0.398. The molecule has 1 fully saturated rings. The van der Waals surface area contributed by atoms with E-state index in [1.54, 1.807) is 6.92 Å². The molecule has 3 atom stereocenters. The van der Waals surface area contributed by atoms with Crippen molar-refractivity contribution in [2.45, 2.75) is 25.4 Å². The molecular weight excluding hydrogens is 335 g/mol. The van der Waals surface area contributed by atoms with Crippen LogP contribution < -0.4 is 0 Å². The van der Waals surface area contributed by atoms with E-state index in [0.29, 0.717) is 0 Å². The molecule has 0 saturated carbocycles.